The summed E-state index contributed by atoms with van der Waals surface area (Å²) in [5.74, 6) is 0.339. The van der Waals surface area contributed by atoms with Gasteiger partial charge in [-0.1, -0.05) is 31.1 Å². The van der Waals surface area contributed by atoms with Crippen molar-refractivity contribution < 1.29 is 17.7 Å². The molecule has 2 aromatic heterocycles. The van der Waals surface area contributed by atoms with Gasteiger partial charge >= 0.3 is 0 Å². The summed E-state index contributed by atoms with van der Waals surface area (Å²) in [7, 11) is -3.71. The third kappa shape index (κ3) is 4.77. The Labute approximate surface area is 191 Å². The van der Waals surface area contributed by atoms with Crippen molar-refractivity contribution in [3.05, 3.63) is 47.2 Å². The first-order valence-corrected chi connectivity index (χ1v) is 13.0. The van der Waals surface area contributed by atoms with Crippen LogP contribution in [0.15, 0.2) is 44.4 Å². The molecular formula is C22H26N4O4S2. The van der Waals surface area contributed by atoms with Gasteiger partial charge in [-0.25, -0.2) is 8.42 Å². The fraction of sp³-hybridized carbons (Fsp3) is 0.409. The van der Waals surface area contributed by atoms with Crippen LogP contribution in [0.5, 0.6) is 0 Å². The number of hydrogen-bond acceptors (Lipinski definition) is 7. The van der Waals surface area contributed by atoms with Gasteiger partial charge in [-0.2, -0.15) is 9.29 Å². The van der Waals surface area contributed by atoms with E-state index in [-0.39, 0.29) is 16.7 Å². The summed E-state index contributed by atoms with van der Waals surface area (Å²) in [6.07, 6.45) is 2.78. The zero-order valence-electron chi connectivity index (χ0n) is 18.1. The number of nitrogens with one attached hydrogen (secondary N) is 1. The van der Waals surface area contributed by atoms with Gasteiger partial charge in [0.1, 0.15) is 4.21 Å². The molecule has 1 unspecified atom stereocenters. The van der Waals surface area contributed by atoms with Crippen molar-refractivity contribution in [1.82, 2.24) is 14.4 Å². The van der Waals surface area contributed by atoms with Gasteiger partial charge in [0, 0.05) is 36.1 Å². The molecule has 1 saturated heterocycles. The van der Waals surface area contributed by atoms with E-state index in [4.69, 9.17) is 4.52 Å². The highest BCUT2D eigenvalue weighted by Crippen LogP contribution is 2.31. The number of amides is 1. The number of carbonyl (C=O) groups is 1. The third-order valence-corrected chi connectivity index (χ3v) is 8.84. The van der Waals surface area contributed by atoms with E-state index in [0.29, 0.717) is 43.1 Å². The quantitative estimate of drug-likeness (QED) is 0.556. The molecule has 1 aromatic carbocycles. The van der Waals surface area contributed by atoms with Gasteiger partial charge in [-0.05, 0) is 43.0 Å². The molecule has 32 heavy (non-hydrogen) atoms. The van der Waals surface area contributed by atoms with E-state index in [9.17, 15) is 13.2 Å². The third-order valence-electron chi connectivity index (χ3n) is 5.56. The lowest BCUT2D eigenvalue weighted by Crippen LogP contribution is -2.43. The lowest BCUT2D eigenvalue weighted by molar-refractivity contribution is -0.120. The molecule has 1 amide bonds. The van der Waals surface area contributed by atoms with Crippen molar-refractivity contribution in [1.29, 1.82) is 0 Å². The number of aryl methyl sites for hydroxylation is 2. The first-order chi connectivity index (χ1) is 15.4. The second-order valence-electron chi connectivity index (χ2n) is 7.77. The van der Waals surface area contributed by atoms with Crippen LogP contribution >= 0.6 is 11.3 Å². The summed E-state index contributed by atoms with van der Waals surface area (Å²) < 4.78 is 33.2. The number of carbonyl (C=O) groups excluding carboxylic acids is 1. The second kappa shape index (κ2) is 9.51. The molecule has 0 aliphatic carbocycles. The SMILES string of the molecule is CCc1cccc(NC(=O)C2CCCN(S(=O)(=O)c3cc(-c4noc(CC)n4)cs3)C2)c1. The Kier molecular flexibility index (Phi) is 6.73. The van der Waals surface area contributed by atoms with Gasteiger partial charge in [0.05, 0.1) is 5.92 Å². The summed E-state index contributed by atoms with van der Waals surface area (Å²) in [4.78, 5) is 17.1. The van der Waals surface area contributed by atoms with E-state index in [1.165, 1.54) is 4.31 Å². The van der Waals surface area contributed by atoms with Crippen LogP contribution in [0.3, 0.4) is 0 Å². The minimum absolute atomic E-state index is 0.149. The van der Waals surface area contributed by atoms with Crippen molar-refractivity contribution in [3.8, 4) is 11.4 Å². The molecule has 3 aromatic rings. The molecule has 1 fully saturated rings. The normalized spacial score (nSPS) is 17.4. The van der Waals surface area contributed by atoms with Crippen LogP contribution in [0.4, 0.5) is 5.69 Å². The first-order valence-electron chi connectivity index (χ1n) is 10.7. The highest BCUT2D eigenvalue weighted by Gasteiger charge is 2.34. The number of aromatic nitrogens is 2. The van der Waals surface area contributed by atoms with E-state index < -0.39 is 15.9 Å². The Morgan fingerprint density at radius 1 is 1.28 bits per heavy atom. The van der Waals surface area contributed by atoms with Crippen LogP contribution < -0.4 is 5.32 Å². The average Bonchev–Trinajstić information content (AvgIpc) is 3.49. The minimum Gasteiger partial charge on any atom is -0.339 e. The van der Waals surface area contributed by atoms with Gasteiger partial charge in [0.25, 0.3) is 10.0 Å². The minimum atomic E-state index is -3.71. The first kappa shape index (κ1) is 22.6. The Morgan fingerprint density at radius 3 is 2.88 bits per heavy atom. The van der Waals surface area contributed by atoms with E-state index in [0.717, 1.165) is 29.0 Å². The van der Waals surface area contributed by atoms with Gasteiger partial charge in [-0.15, -0.1) is 11.3 Å². The Hall–Kier alpha value is -2.56. The second-order valence-corrected chi connectivity index (χ2v) is 10.8. The highest BCUT2D eigenvalue weighted by atomic mass is 32.2. The molecule has 10 heteroatoms. The maximum atomic E-state index is 13.2. The number of nitrogens with zero attached hydrogens (tertiary/aromatic N) is 3. The topological polar surface area (TPSA) is 105 Å². The Morgan fingerprint density at radius 2 is 2.12 bits per heavy atom. The molecule has 1 atom stereocenters. The number of hydrogen-bond donors (Lipinski definition) is 1. The summed E-state index contributed by atoms with van der Waals surface area (Å²) in [6.45, 7) is 4.52. The molecule has 0 bridgehead atoms. The average molecular weight is 475 g/mol. The van der Waals surface area contributed by atoms with Gasteiger partial charge in [0.2, 0.25) is 17.6 Å². The number of anilines is 1. The molecule has 1 aliphatic rings. The smallest absolute Gasteiger partial charge is 0.252 e. The van der Waals surface area contributed by atoms with Gasteiger partial charge in [-0.3, -0.25) is 4.79 Å². The van der Waals surface area contributed by atoms with Crippen molar-refractivity contribution in [2.24, 2.45) is 5.92 Å². The zero-order valence-corrected chi connectivity index (χ0v) is 19.7. The summed E-state index contributed by atoms with van der Waals surface area (Å²) in [6, 6.07) is 9.29. The van der Waals surface area contributed by atoms with Gasteiger partial charge < -0.3 is 9.84 Å². The predicted molar refractivity (Wildman–Crippen MR) is 123 cm³/mol. The lowest BCUT2D eigenvalue weighted by Gasteiger charge is -2.30. The van der Waals surface area contributed by atoms with Crippen LogP contribution in [0.2, 0.25) is 0 Å². The molecule has 1 aliphatic heterocycles. The fourth-order valence-electron chi connectivity index (χ4n) is 3.70. The van der Waals surface area contributed by atoms with Crippen molar-refractivity contribution in [3.63, 3.8) is 0 Å². The fourth-order valence-corrected chi connectivity index (χ4v) is 6.53. The number of rotatable bonds is 7. The number of benzene rings is 1. The maximum absolute atomic E-state index is 13.2. The number of thiophene rings is 1. The molecule has 4 rings (SSSR count). The van der Waals surface area contributed by atoms with Crippen LogP contribution in [0.1, 0.15) is 38.1 Å². The zero-order chi connectivity index (χ0) is 22.7. The van der Waals surface area contributed by atoms with Crippen molar-refractivity contribution >= 4 is 33.0 Å². The molecular weight excluding hydrogens is 448 g/mol. The molecule has 8 nitrogen and oxygen atoms in total. The maximum Gasteiger partial charge on any atom is 0.252 e. The molecule has 3 heterocycles. The van der Waals surface area contributed by atoms with Crippen molar-refractivity contribution in [2.75, 3.05) is 18.4 Å². The predicted octanol–water partition coefficient (Wildman–Crippen LogP) is 3.96. The summed E-state index contributed by atoms with van der Waals surface area (Å²) >= 11 is 1.13. The molecule has 1 N–H and O–H groups in total. The van der Waals surface area contributed by atoms with Crippen LogP contribution in [-0.4, -0.2) is 41.9 Å². The standard InChI is InChI=1S/C22H26N4O4S2/c1-3-15-7-5-9-18(11-15)23-22(27)16-8-6-10-26(13-16)32(28,29)20-12-17(14-31-20)21-24-19(4-2)30-25-21/h5,7,9,11-12,14,16H,3-4,6,8,10,13H2,1-2H3,(H,23,27). The molecule has 0 spiro atoms. The molecule has 0 saturated carbocycles. The Balaban J connectivity index is 1.46. The van der Waals surface area contributed by atoms with Gasteiger partial charge in [0.15, 0.2) is 0 Å². The van der Waals surface area contributed by atoms with Crippen LogP contribution in [0, 0.1) is 5.92 Å². The van der Waals surface area contributed by atoms with E-state index >= 15 is 0 Å². The highest BCUT2D eigenvalue weighted by molar-refractivity contribution is 7.91. The molecule has 0 radical (unpaired) electrons. The molecule has 170 valence electrons. The Bertz CT molecular complexity index is 1200. The monoisotopic (exact) mass is 474 g/mol. The van der Waals surface area contributed by atoms with E-state index in [1.807, 2.05) is 31.2 Å². The lowest BCUT2D eigenvalue weighted by atomic mass is 9.98. The van der Waals surface area contributed by atoms with Crippen molar-refractivity contribution in [2.45, 2.75) is 43.7 Å². The number of sulfonamides is 1. The number of piperidine rings is 1. The van der Waals surface area contributed by atoms with E-state index in [1.54, 1.807) is 11.4 Å². The summed E-state index contributed by atoms with van der Waals surface area (Å²) in [5.41, 5.74) is 2.49. The largest absolute Gasteiger partial charge is 0.339 e. The van der Waals surface area contributed by atoms with Crippen LogP contribution in [-0.2, 0) is 27.7 Å². The summed E-state index contributed by atoms with van der Waals surface area (Å²) in [5, 5.41) is 8.57. The van der Waals surface area contributed by atoms with E-state index in [2.05, 4.69) is 22.4 Å². The van der Waals surface area contributed by atoms with Crippen LogP contribution in [0.25, 0.3) is 11.4 Å².